The molecule has 0 heterocycles. The zero-order valence-corrected chi connectivity index (χ0v) is 12.4. The molecule has 3 heteroatoms. The standard InChI is InChI=1S/C17H17ClN2/c1-12-3-6-15(7-4-12)13(2)20-11-16-8-5-14(10-19)9-17(16)18/h3-9,13,20H,11H2,1-2H3. The average molecular weight is 285 g/mol. The third-order valence-electron chi connectivity index (χ3n) is 3.36. The number of hydrogen-bond donors (Lipinski definition) is 1. The van der Waals surface area contributed by atoms with Crippen molar-refractivity contribution in [1.29, 1.82) is 5.26 Å². The molecule has 1 unspecified atom stereocenters. The van der Waals surface area contributed by atoms with Gasteiger partial charge in [0.2, 0.25) is 0 Å². The maximum atomic E-state index is 8.82. The lowest BCUT2D eigenvalue weighted by Crippen LogP contribution is -2.18. The minimum absolute atomic E-state index is 0.252. The van der Waals surface area contributed by atoms with E-state index in [9.17, 15) is 0 Å². The molecule has 0 aliphatic heterocycles. The van der Waals surface area contributed by atoms with Gasteiger partial charge in [0, 0.05) is 17.6 Å². The van der Waals surface area contributed by atoms with Crippen LogP contribution in [-0.2, 0) is 6.54 Å². The molecule has 2 aromatic carbocycles. The summed E-state index contributed by atoms with van der Waals surface area (Å²) in [4.78, 5) is 0. The van der Waals surface area contributed by atoms with Gasteiger partial charge in [0.05, 0.1) is 11.6 Å². The van der Waals surface area contributed by atoms with Gasteiger partial charge in [0.25, 0.3) is 0 Å². The molecular weight excluding hydrogens is 268 g/mol. The predicted molar refractivity (Wildman–Crippen MR) is 82.6 cm³/mol. The molecule has 0 saturated carbocycles. The minimum Gasteiger partial charge on any atom is -0.306 e. The summed E-state index contributed by atoms with van der Waals surface area (Å²) in [6.45, 7) is 4.89. The third-order valence-corrected chi connectivity index (χ3v) is 3.71. The lowest BCUT2D eigenvalue weighted by molar-refractivity contribution is 0.574. The first-order chi connectivity index (χ1) is 9.60. The monoisotopic (exact) mass is 284 g/mol. The molecule has 2 nitrogen and oxygen atoms in total. The van der Waals surface area contributed by atoms with Crippen molar-refractivity contribution < 1.29 is 0 Å². The van der Waals surface area contributed by atoms with E-state index in [1.807, 2.05) is 6.07 Å². The molecule has 0 amide bonds. The van der Waals surface area contributed by atoms with Crippen LogP contribution in [0.25, 0.3) is 0 Å². The number of rotatable bonds is 4. The highest BCUT2D eigenvalue weighted by molar-refractivity contribution is 6.31. The van der Waals surface area contributed by atoms with Gasteiger partial charge in [0.1, 0.15) is 0 Å². The maximum absolute atomic E-state index is 8.82. The van der Waals surface area contributed by atoms with Gasteiger partial charge in [-0.05, 0) is 37.1 Å². The van der Waals surface area contributed by atoms with Crippen LogP contribution >= 0.6 is 11.6 Å². The summed E-state index contributed by atoms with van der Waals surface area (Å²) in [6, 6.07) is 16.2. The summed E-state index contributed by atoms with van der Waals surface area (Å²) in [7, 11) is 0. The summed E-state index contributed by atoms with van der Waals surface area (Å²) in [5, 5.41) is 12.9. The lowest BCUT2D eigenvalue weighted by Gasteiger charge is -2.15. The van der Waals surface area contributed by atoms with Crippen molar-refractivity contribution in [2.75, 3.05) is 0 Å². The molecule has 0 aromatic heterocycles. The molecule has 0 aliphatic rings. The Morgan fingerprint density at radius 2 is 1.90 bits per heavy atom. The van der Waals surface area contributed by atoms with Gasteiger partial charge in [-0.25, -0.2) is 0 Å². The number of benzene rings is 2. The second-order valence-electron chi connectivity index (χ2n) is 4.93. The minimum atomic E-state index is 0.252. The zero-order chi connectivity index (χ0) is 14.5. The van der Waals surface area contributed by atoms with E-state index in [4.69, 9.17) is 16.9 Å². The Hall–Kier alpha value is -1.82. The zero-order valence-electron chi connectivity index (χ0n) is 11.7. The van der Waals surface area contributed by atoms with Crippen LogP contribution in [0.1, 0.15) is 35.2 Å². The van der Waals surface area contributed by atoms with Gasteiger partial charge in [-0.2, -0.15) is 5.26 Å². The Bertz CT molecular complexity index is 626. The highest BCUT2D eigenvalue weighted by Crippen LogP contribution is 2.19. The van der Waals surface area contributed by atoms with Gasteiger partial charge in [-0.1, -0.05) is 47.5 Å². The molecule has 2 aromatic rings. The first-order valence-corrected chi connectivity index (χ1v) is 6.96. The van der Waals surface area contributed by atoms with E-state index >= 15 is 0 Å². The van der Waals surface area contributed by atoms with Crippen molar-refractivity contribution in [3.8, 4) is 6.07 Å². The second-order valence-corrected chi connectivity index (χ2v) is 5.34. The highest BCUT2D eigenvalue weighted by Gasteiger charge is 2.07. The van der Waals surface area contributed by atoms with Gasteiger partial charge >= 0.3 is 0 Å². The Balaban J connectivity index is 2.01. The van der Waals surface area contributed by atoms with E-state index in [-0.39, 0.29) is 6.04 Å². The first kappa shape index (κ1) is 14.6. The van der Waals surface area contributed by atoms with Crippen molar-refractivity contribution in [2.24, 2.45) is 0 Å². The Kier molecular flexibility index (Phi) is 4.79. The van der Waals surface area contributed by atoms with E-state index < -0.39 is 0 Å². The van der Waals surface area contributed by atoms with E-state index in [0.29, 0.717) is 17.1 Å². The molecule has 2 rings (SSSR count). The Morgan fingerprint density at radius 1 is 1.20 bits per heavy atom. The molecule has 102 valence electrons. The van der Waals surface area contributed by atoms with Gasteiger partial charge in [0.15, 0.2) is 0 Å². The lowest BCUT2D eigenvalue weighted by atomic mass is 10.1. The molecule has 0 bridgehead atoms. The largest absolute Gasteiger partial charge is 0.306 e. The number of aryl methyl sites for hydroxylation is 1. The van der Waals surface area contributed by atoms with Crippen LogP contribution < -0.4 is 5.32 Å². The maximum Gasteiger partial charge on any atom is 0.0992 e. The quantitative estimate of drug-likeness (QED) is 0.905. The van der Waals surface area contributed by atoms with Crippen molar-refractivity contribution >= 4 is 11.6 Å². The van der Waals surface area contributed by atoms with E-state index in [0.717, 1.165) is 5.56 Å². The van der Waals surface area contributed by atoms with Crippen LogP contribution in [0.3, 0.4) is 0 Å². The van der Waals surface area contributed by atoms with Crippen LogP contribution in [0.5, 0.6) is 0 Å². The predicted octanol–water partition coefficient (Wildman–Crippen LogP) is 4.37. The number of nitriles is 1. The van der Waals surface area contributed by atoms with Gasteiger partial charge in [-0.3, -0.25) is 0 Å². The van der Waals surface area contributed by atoms with Gasteiger partial charge in [-0.15, -0.1) is 0 Å². The van der Waals surface area contributed by atoms with Crippen LogP contribution in [0.4, 0.5) is 0 Å². The summed E-state index contributed by atoms with van der Waals surface area (Å²) < 4.78 is 0. The van der Waals surface area contributed by atoms with Crippen molar-refractivity contribution in [2.45, 2.75) is 26.4 Å². The molecule has 1 atom stereocenters. The normalized spacial score (nSPS) is 11.9. The molecule has 0 saturated heterocycles. The average Bonchev–Trinajstić information content (AvgIpc) is 2.46. The molecule has 0 aliphatic carbocycles. The second kappa shape index (κ2) is 6.56. The molecule has 1 N–H and O–H groups in total. The first-order valence-electron chi connectivity index (χ1n) is 6.58. The van der Waals surface area contributed by atoms with Crippen molar-refractivity contribution in [3.05, 3.63) is 69.7 Å². The fourth-order valence-electron chi connectivity index (χ4n) is 2.00. The molecular formula is C17H17ClN2. The van der Waals surface area contributed by atoms with Crippen LogP contribution in [0.2, 0.25) is 5.02 Å². The fourth-order valence-corrected chi connectivity index (χ4v) is 2.24. The number of nitrogens with one attached hydrogen (secondary N) is 1. The summed E-state index contributed by atoms with van der Waals surface area (Å²) in [5.41, 5.74) is 4.10. The van der Waals surface area contributed by atoms with E-state index in [2.05, 4.69) is 49.5 Å². The number of hydrogen-bond acceptors (Lipinski definition) is 2. The highest BCUT2D eigenvalue weighted by atomic mass is 35.5. The Morgan fingerprint density at radius 3 is 2.50 bits per heavy atom. The topological polar surface area (TPSA) is 35.8 Å². The Labute approximate surface area is 125 Å². The van der Waals surface area contributed by atoms with Crippen molar-refractivity contribution in [1.82, 2.24) is 5.32 Å². The van der Waals surface area contributed by atoms with Crippen molar-refractivity contribution in [3.63, 3.8) is 0 Å². The molecule has 0 radical (unpaired) electrons. The molecule has 0 spiro atoms. The van der Waals surface area contributed by atoms with E-state index in [1.165, 1.54) is 11.1 Å². The molecule has 0 fully saturated rings. The van der Waals surface area contributed by atoms with Crippen LogP contribution in [-0.4, -0.2) is 0 Å². The summed E-state index contributed by atoms with van der Waals surface area (Å²) >= 11 is 6.17. The SMILES string of the molecule is Cc1ccc(C(C)NCc2ccc(C#N)cc2Cl)cc1. The number of nitrogens with zero attached hydrogens (tertiary/aromatic N) is 1. The van der Waals surface area contributed by atoms with E-state index in [1.54, 1.807) is 12.1 Å². The summed E-state index contributed by atoms with van der Waals surface area (Å²) in [6.07, 6.45) is 0. The summed E-state index contributed by atoms with van der Waals surface area (Å²) in [5.74, 6) is 0. The third kappa shape index (κ3) is 3.60. The fraction of sp³-hybridized carbons (Fsp3) is 0.235. The molecule has 20 heavy (non-hydrogen) atoms. The van der Waals surface area contributed by atoms with Crippen LogP contribution in [0, 0.1) is 18.3 Å². The number of halogens is 1. The van der Waals surface area contributed by atoms with Gasteiger partial charge < -0.3 is 5.32 Å². The van der Waals surface area contributed by atoms with Crippen LogP contribution in [0.15, 0.2) is 42.5 Å². The smallest absolute Gasteiger partial charge is 0.0992 e.